The van der Waals surface area contributed by atoms with E-state index in [4.69, 9.17) is 0 Å². The zero-order chi connectivity index (χ0) is 52.8. The van der Waals surface area contributed by atoms with E-state index >= 15 is 0 Å². The second-order valence-corrected chi connectivity index (χ2v) is 26.4. The van der Waals surface area contributed by atoms with E-state index in [1.54, 1.807) is 0 Å². The zero-order valence-electron chi connectivity index (χ0n) is 45.4. The molecule has 0 saturated carbocycles. The van der Waals surface area contributed by atoms with Crippen LogP contribution in [0.2, 0.25) is 0 Å². The van der Waals surface area contributed by atoms with E-state index < -0.39 is 10.0 Å². The molecule has 0 unspecified atom stereocenters. The highest BCUT2D eigenvalue weighted by Crippen LogP contribution is 2.67. The first-order chi connectivity index (χ1) is 37.2. The van der Waals surface area contributed by atoms with Crippen molar-refractivity contribution in [2.45, 2.75) is 62.2 Å². The van der Waals surface area contributed by atoms with Crippen LogP contribution in [0.15, 0.2) is 228 Å². The molecular weight excluding hydrogens is 949 g/mol. The molecule has 1 aliphatic heterocycles. The Morgan fingerprint density at radius 2 is 0.597 bits per heavy atom. The van der Waals surface area contributed by atoms with Gasteiger partial charge in [0.05, 0.1) is 0 Å². The van der Waals surface area contributed by atoms with E-state index in [1.807, 2.05) is 0 Å². The van der Waals surface area contributed by atoms with Crippen LogP contribution in [0.3, 0.4) is 0 Å². The largest absolute Gasteiger partial charge is 0.310 e. The summed E-state index contributed by atoms with van der Waals surface area (Å²) in [4.78, 5) is 7.67. The van der Waals surface area contributed by atoms with Crippen molar-refractivity contribution in [2.24, 2.45) is 0 Å². The molecule has 3 aliphatic rings. The first kappa shape index (κ1) is 48.3. The van der Waals surface area contributed by atoms with E-state index in [0.717, 1.165) is 22.7 Å². The fourth-order valence-corrected chi connectivity index (χ4v) is 15.0. The summed E-state index contributed by atoms with van der Waals surface area (Å²) in [5.74, 6) is 0. The number of hydrogen-bond donors (Lipinski definition) is 0. The first-order valence-electron chi connectivity index (χ1n) is 27.0. The minimum absolute atomic E-state index is 0.167. The van der Waals surface area contributed by atoms with Crippen LogP contribution in [0.25, 0.3) is 57.7 Å². The third-order valence-electron chi connectivity index (χ3n) is 16.8. The molecule has 0 bridgehead atoms. The summed E-state index contributed by atoms with van der Waals surface area (Å²) in [6.45, 7) is 13.8. The molecule has 376 valence electrons. The highest BCUT2D eigenvalue weighted by molar-refractivity contribution is 8.33. The number of rotatable bonds is 10. The normalized spacial score (nSPS) is 15.1. The predicted octanol–water partition coefficient (Wildman–Crippen LogP) is 20.7. The van der Waals surface area contributed by atoms with Gasteiger partial charge in [-0.1, -0.05) is 184 Å². The number of anilines is 6. The van der Waals surface area contributed by atoms with Gasteiger partial charge in [0.15, 0.2) is 0 Å². The van der Waals surface area contributed by atoms with Crippen LogP contribution in [-0.4, -0.2) is 12.5 Å². The average molecular weight is 1010 g/mol. The van der Waals surface area contributed by atoms with Crippen molar-refractivity contribution in [3.63, 3.8) is 0 Å². The topological polar surface area (TPSA) is 6.48 Å². The molecule has 13 rings (SSSR count). The van der Waals surface area contributed by atoms with Gasteiger partial charge < -0.3 is 9.80 Å². The fourth-order valence-electron chi connectivity index (χ4n) is 12.5. The van der Waals surface area contributed by atoms with Crippen molar-refractivity contribution < 1.29 is 0 Å². The molecular formula is C74H64N2S. The van der Waals surface area contributed by atoms with Crippen LogP contribution >= 0.6 is 10.0 Å². The Hall–Kier alpha value is -8.37. The molecule has 0 saturated heterocycles. The maximum absolute atomic E-state index is 2.45. The van der Waals surface area contributed by atoms with Gasteiger partial charge in [-0.25, -0.2) is 0 Å². The number of para-hydroxylation sites is 2. The molecule has 10 aromatic carbocycles. The van der Waals surface area contributed by atoms with Crippen molar-refractivity contribution in [3.8, 4) is 33.4 Å². The summed E-state index contributed by atoms with van der Waals surface area (Å²) in [7, 11) is -1.16. The molecule has 0 spiro atoms. The number of aryl methyl sites for hydroxylation is 2. The van der Waals surface area contributed by atoms with E-state index in [1.165, 1.54) is 110 Å². The minimum atomic E-state index is -1.16. The van der Waals surface area contributed by atoms with Crippen LogP contribution in [0.1, 0.15) is 83.3 Å². The van der Waals surface area contributed by atoms with Crippen LogP contribution in [0.4, 0.5) is 34.1 Å². The summed E-state index contributed by atoms with van der Waals surface area (Å²) >= 11 is 0. The molecule has 77 heavy (non-hydrogen) atoms. The Labute approximate surface area is 457 Å². The lowest BCUT2D eigenvalue weighted by molar-refractivity contribution is 0.660. The third kappa shape index (κ3) is 8.27. The average Bonchev–Trinajstić information content (AvgIpc) is 4.12. The van der Waals surface area contributed by atoms with Gasteiger partial charge >= 0.3 is 0 Å². The van der Waals surface area contributed by atoms with Crippen LogP contribution < -0.4 is 9.80 Å². The molecule has 10 aromatic rings. The Balaban J connectivity index is 0.755. The van der Waals surface area contributed by atoms with Crippen molar-refractivity contribution >= 4 is 68.5 Å². The predicted molar refractivity (Wildman–Crippen MR) is 333 cm³/mol. The molecule has 0 amide bonds. The fraction of sp³-hybridized carbons (Fsp3) is 0.135. The molecule has 0 fully saturated rings. The van der Waals surface area contributed by atoms with E-state index in [9.17, 15) is 0 Å². The minimum Gasteiger partial charge on any atom is -0.310 e. The van der Waals surface area contributed by atoms with Gasteiger partial charge in [0.25, 0.3) is 0 Å². The maximum Gasteiger partial charge on any atom is 0.0465 e. The second-order valence-electron chi connectivity index (χ2n) is 22.8. The van der Waals surface area contributed by atoms with Gasteiger partial charge in [-0.3, -0.25) is 0 Å². The quantitative estimate of drug-likeness (QED) is 0.126. The molecule has 3 heteroatoms. The standard InChI is InChI=1S/C74H64N2S/c1-49-19-31-57(32-20-49)75(55-15-11-9-12-16-55)59-35-39-63-61-37-27-53(45-67(61)73(3,4)69(63)47-59)25-23-51-29-41-71-65(43-51)66-44-52(30-42-72(66)77(71,7)8)24-26-54-28-38-62-64-40-36-60(48-70(64)74(5,6)68(62)46-54)76(56-17-13-10-14-18-56)58-33-21-50(2)22-34-58/h9-48H,1-8H3/b25-23+,26-24+. The summed E-state index contributed by atoms with van der Waals surface area (Å²) in [5.41, 5.74) is 27.4. The molecule has 0 aromatic heterocycles. The Kier molecular flexibility index (Phi) is 11.6. The lowest BCUT2D eigenvalue weighted by atomic mass is 9.81. The van der Waals surface area contributed by atoms with Crippen LogP contribution in [-0.2, 0) is 10.8 Å². The molecule has 0 N–H and O–H groups in total. The van der Waals surface area contributed by atoms with Crippen molar-refractivity contribution in [3.05, 3.63) is 274 Å². The molecule has 2 aliphatic carbocycles. The Morgan fingerprint density at radius 3 is 0.974 bits per heavy atom. The van der Waals surface area contributed by atoms with Crippen molar-refractivity contribution in [1.82, 2.24) is 0 Å². The van der Waals surface area contributed by atoms with Gasteiger partial charge in [-0.05, 0) is 201 Å². The number of nitrogens with zero attached hydrogens (tertiary/aromatic N) is 2. The summed E-state index contributed by atoms with van der Waals surface area (Å²) < 4.78 is 0. The number of fused-ring (bicyclic) bond motifs is 9. The van der Waals surface area contributed by atoms with Crippen molar-refractivity contribution in [1.29, 1.82) is 0 Å². The van der Waals surface area contributed by atoms with Gasteiger partial charge in [-0.2, -0.15) is 10.0 Å². The first-order valence-corrected chi connectivity index (χ1v) is 29.5. The lowest BCUT2D eigenvalue weighted by Crippen LogP contribution is -2.16. The van der Waals surface area contributed by atoms with E-state index in [-0.39, 0.29) is 10.8 Å². The molecule has 2 nitrogen and oxygen atoms in total. The van der Waals surface area contributed by atoms with Crippen LogP contribution in [0, 0.1) is 13.8 Å². The van der Waals surface area contributed by atoms with Crippen molar-refractivity contribution in [2.75, 3.05) is 22.3 Å². The smallest absolute Gasteiger partial charge is 0.0465 e. The third-order valence-corrected chi connectivity index (χ3v) is 19.7. The Morgan fingerprint density at radius 1 is 0.299 bits per heavy atom. The monoisotopic (exact) mass is 1010 g/mol. The highest BCUT2D eigenvalue weighted by Gasteiger charge is 2.38. The molecule has 1 heterocycles. The summed E-state index contributed by atoms with van der Waals surface area (Å²) in [6.07, 6.45) is 14.1. The number of hydrogen-bond acceptors (Lipinski definition) is 2. The maximum atomic E-state index is 2.45. The highest BCUT2D eigenvalue weighted by atomic mass is 32.3. The summed E-state index contributed by atoms with van der Waals surface area (Å²) in [6, 6.07) is 81.5. The van der Waals surface area contributed by atoms with Gasteiger partial charge in [0, 0.05) is 54.7 Å². The van der Waals surface area contributed by atoms with E-state index in [0.29, 0.717) is 0 Å². The van der Waals surface area contributed by atoms with Crippen LogP contribution in [0.5, 0.6) is 0 Å². The van der Waals surface area contributed by atoms with E-state index in [2.05, 4.69) is 307 Å². The molecule has 0 atom stereocenters. The lowest BCUT2D eigenvalue weighted by Gasteiger charge is -2.28. The Bertz CT molecular complexity index is 3750. The van der Waals surface area contributed by atoms with Gasteiger partial charge in [-0.15, -0.1) is 0 Å². The second kappa shape index (κ2) is 18.4. The number of benzene rings is 10. The zero-order valence-corrected chi connectivity index (χ0v) is 46.2. The van der Waals surface area contributed by atoms with Gasteiger partial charge in [0.1, 0.15) is 0 Å². The molecule has 0 radical (unpaired) electrons. The SMILES string of the molecule is Cc1ccc(N(c2ccccc2)c2ccc3c(c2)C(C)(C)c2cc(/C=C/c4ccc5c(c4)-c4cc(/C=C/c6ccc7c(c6)C(C)(C)c6cc(N(c8ccccc8)c8ccc(C)cc8)ccc6-7)ccc4S5(C)C)ccc2-3)cc1. The summed E-state index contributed by atoms with van der Waals surface area (Å²) in [5, 5.41) is 0. The van der Waals surface area contributed by atoms with Gasteiger partial charge in [0.2, 0.25) is 0 Å².